The van der Waals surface area contributed by atoms with Gasteiger partial charge in [-0.15, -0.1) is 0 Å². The topological polar surface area (TPSA) is 75.3 Å². The molecule has 0 unspecified atom stereocenters. The lowest BCUT2D eigenvalue weighted by Gasteiger charge is -2.13. The van der Waals surface area contributed by atoms with Crippen LogP contribution in [-0.4, -0.2) is 40.3 Å². The summed E-state index contributed by atoms with van der Waals surface area (Å²) in [5.74, 6) is 1.03. The molecule has 2 heterocycles. The van der Waals surface area contributed by atoms with Crippen molar-refractivity contribution in [1.82, 2.24) is 14.9 Å². The molecule has 170 valence electrons. The highest BCUT2D eigenvalue weighted by Crippen LogP contribution is 2.29. The number of rotatable bonds is 7. The molecule has 1 N–H and O–H groups in total. The second kappa shape index (κ2) is 9.15. The van der Waals surface area contributed by atoms with Gasteiger partial charge < -0.3 is 9.72 Å². The minimum Gasteiger partial charge on any atom is -0.497 e. The zero-order valence-electron chi connectivity index (χ0n) is 18.5. The van der Waals surface area contributed by atoms with Gasteiger partial charge in [0.1, 0.15) is 11.6 Å². The van der Waals surface area contributed by atoms with Gasteiger partial charge in [-0.25, -0.2) is 4.98 Å². The molecule has 0 saturated heterocycles. The lowest BCUT2D eigenvalue weighted by Crippen LogP contribution is -2.31. The third-order valence-electron chi connectivity index (χ3n) is 5.95. The van der Waals surface area contributed by atoms with Gasteiger partial charge in [-0.2, -0.15) is 0 Å². The standard InChI is InChI=1S/C27H22ClN3O3/c1-34-20-14-10-17(11-15-20)24-23(29-25(30-24)18-8-12-19(28)13-9-18)7-4-16-31-26(32)21-5-2-3-6-22(21)27(31)33/h2-3,5-6,8-15H,4,7,16H2,1H3,(H,29,30). The van der Waals surface area contributed by atoms with Crippen molar-refractivity contribution in [2.75, 3.05) is 13.7 Å². The molecule has 2 amide bonds. The van der Waals surface area contributed by atoms with Crippen LogP contribution in [0.5, 0.6) is 5.75 Å². The number of aromatic nitrogens is 2. The summed E-state index contributed by atoms with van der Waals surface area (Å²) in [5, 5.41) is 0.659. The maximum absolute atomic E-state index is 12.7. The van der Waals surface area contributed by atoms with Gasteiger partial charge in [-0.3, -0.25) is 14.5 Å². The molecule has 0 spiro atoms. The number of fused-ring (bicyclic) bond motifs is 1. The van der Waals surface area contributed by atoms with Crippen molar-refractivity contribution < 1.29 is 14.3 Å². The number of hydrogen-bond acceptors (Lipinski definition) is 4. The zero-order valence-corrected chi connectivity index (χ0v) is 19.3. The summed E-state index contributed by atoms with van der Waals surface area (Å²) in [5.41, 5.74) is 4.58. The minimum absolute atomic E-state index is 0.234. The van der Waals surface area contributed by atoms with Gasteiger partial charge in [0, 0.05) is 28.4 Å². The third kappa shape index (κ3) is 4.08. The maximum Gasteiger partial charge on any atom is 0.261 e. The van der Waals surface area contributed by atoms with Gasteiger partial charge in [-0.05, 0) is 73.5 Å². The molecule has 0 atom stereocenters. The average Bonchev–Trinajstić information content (AvgIpc) is 3.40. The molecule has 34 heavy (non-hydrogen) atoms. The van der Waals surface area contributed by atoms with Gasteiger partial charge in [0.25, 0.3) is 11.8 Å². The highest BCUT2D eigenvalue weighted by molar-refractivity contribution is 6.30. The highest BCUT2D eigenvalue weighted by atomic mass is 35.5. The molecule has 0 bridgehead atoms. The number of halogens is 1. The summed E-state index contributed by atoms with van der Waals surface area (Å²) in [6, 6.07) is 22.2. The van der Waals surface area contributed by atoms with Crippen LogP contribution in [-0.2, 0) is 6.42 Å². The van der Waals surface area contributed by atoms with E-state index in [0.717, 1.165) is 34.1 Å². The van der Waals surface area contributed by atoms with Crippen LogP contribution in [0.4, 0.5) is 0 Å². The lowest BCUT2D eigenvalue weighted by molar-refractivity contribution is 0.0652. The van der Waals surface area contributed by atoms with E-state index in [9.17, 15) is 9.59 Å². The molecule has 6 nitrogen and oxygen atoms in total. The second-order valence-corrected chi connectivity index (χ2v) is 8.50. The molecule has 1 aromatic heterocycles. The van der Waals surface area contributed by atoms with E-state index in [0.29, 0.717) is 35.5 Å². The third-order valence-corrected chi connectivity index (χ3v) is 6.20. The predicted molar refractivity (Wildman–Crippen MR) is 131 cm³/mol. The first kappa shape index (κ1) is 21.9. The van der Waals surface area contributed by atoms with Gasteiger partial charge >= 0.3 is 0 Å². The van der Waals surface area contributed by atoms with Crippen molar-refractivity contribution in [3.8, 4) is 28.4 Å². The molecule has 0 aliphatic carbocycles. The number of H-pyrrole nitrogens is 1. The summed E-state index contributed by atoms with van der Waals surface area (Å²) in [7, 11) is 1.63. The predicted octanol–water partition coefficient (Wildman–Crippen LogP) is 5.63. The molecule has 1 aliphatic rings. The SMILES string of the molecule is COc1ccc(-c2nc(-c3ccc(Cl)cc3)[nH]c2CCCN2C(=O)c3ccccc3C2=O)cc1. The molecular weight excluding hydrogens is 450 g/mol. The number of benzene rings is 3. The van der Waals surface area contributed by atoms with E-state index in [4.69, 9.17) is 21.3 Å². The van der Waals surface area contributed by atoms with Crippen molar-refractivity contribution in [2.45, 2.75) is 12.8 Å². The van der Waals surface area contributed by atoms with E-state index in [1.165, 1.54) is 4.90 Å². The number of nitrogens with one attached hydrogen (secondary N) is 1. The average molecular weight is 472 g/mol. The molecule has 1 aliphatic heterocycles. The van der Waals surface area contributed by atoms with Crippen molar-refractivity contribution in [2.24, 2.45) is 0 Å². The normalized spacial score (nSPS) is 12.8. The van der Waals surface area contributed by atoms with E-state index in [-0.39, 0.29) is 11.8 Å². The second-order valence-electron chi connectivity index (χ2n) is 8.06. The first-order valence-electron chi connectivity index (χ1n) is 11.0. The summed E-state index contributed by atoms with van der Waals surface area (Å²) < 4.78 is 5.28. The summed E-state index contributed by atoms with van der Waals surface area (Å²) >= 11 is 6.05. The maximum atomic E-state index is 12.7. The van der Waals surface area contributed by atoms with Crippen LogP contribution in [0.25, 0.3) is 22.6 Å². The quantitative estimate of drug-likeness (QED) is 0.354. The number of hydrogen-bond donors (Lipinski definition) is 1. The molecule has 5 rings (SSSR count). The van der Waals surface area contributed by atoms with Gasteiger partial charge in [0.05, 0.1) is 23.9 Å². The van der Waals surface area contributed by atoms with Crippen LogP contribution in [0.3, 0.4) is 0 Å². The smallest absolute Gasteiger partial charge is 0.261 e. The number of amides is 2. The molecule has 0 saturated carbocycles. The highest BCUT2D eigenvalue weighted by Gasteiger charge is 2.34. The first-order chi connectivity index (χ1) is 16.5. The van der Waals surface area contributed by atoms with Crippen LogP contribution in [0, 0.1) is 0 Å². The number of nitrogens with zero attached hydrogens (tertiary/aromatic N) is 2. The number of imide groups is 1. The van der Waals surface area contributed by atoms with E-state index in [1.807, 2.05) is 48.5 Å². The van der Waals surface area contributed by atoms with E-state index in [2.05, 4.69) is 4.98 Å². The number of methoxy groups -OCH3 is 1. The largest absolute Gasteiger partial charge is 0.497 e. The van der Waals surface area contributed by atoms with Crippen LogP contribution in [0.1, 0.15) is 32.8 Å². The fraction of sp³-hybridized carbons (Fsp3) is 0.148. The van der Waals surface area contributed by atoms with Crippen molar-refractivity contribution in [3.05, 3.63) is 94.6 Å². The first-order valence-corrected chi connectivity index (χ1v) is 11.4. The van der Waals surface area contributed by atoms with Crippen molar-refractivity contribution in [1.29, 1.82) is 0 Å². The summed E-state index contributed by atoms with van der Waals surface area (Å²) in [6.45, 7) is 0.337. The fourth-order valence-corrected chi connectivity index (χ4v) is 4.30. The molecule has 7 heteroatoms. The fourth-order valence-electron chi connectivity index (χ4n) is 4.18. The Morgan fingerprint density at radius 1 is 0.882 bits per heavy atom. The van der Waals surface area contributed by atoms with Crippen LogP contribution < -0.4 is 4.74 Å². The molecular formula is C27H22ClN3O3. The van der Waals surface area contributed by atoms with Gasteiger partial charge in [0.2, 0.25) is 0 Å². The Labute approximate surface area is 202 Å². The van der Waals surface area contributed by atoms with Gasteiger partial charge in [0.15, 0.2) is 0 Å². The van der Waals surface area contributed by atoms with E-state index in [1.54, 1.807) is 31.4 Å². The Bertz CT molecular complexity index is 1330. The number of ether oxygens (including phenoxy) is 1. The van der Waals surface area contributed by atoms with E-state index < -0.39 is 0 Å². The summed E-state index contributed by atoms with van der Waals surface area (Å²) in [4.78, 5) is 35.0. The number of carbonyl (C=O) groups is 2. The van der Waals surface area contributed by atoms with Crippen LogP contribution in [0.2, 0.25) is 5.02 Å². The minimum atomic E-state index is -0.234. The number of carbonyl (C=O) groups excluding carboxylic acids is 2. The monoisotopic (exact) mass is 471 g/mol. The Hall–Kier alpha value is -3.90. The lowest BCUT2D eigenvalue weighted by atomic mass is 10.1. The van der Waals surface area contributed by atoms with Crippen LogP contribution in [0.15, 0.2) is 72.8 Å². The number of imidazole rings is 1. The van der Waals surface area contributed by atoms with Crippen molar-refractivity contribution in [3.63, 3.8) is 0 Å². The Morgan fingerprint density at radius 2 is 1.50 bits per heavy atom. The Balaban J connectivity index is 1.39. The summed E-state index contributed by atoms with van der Waals surface area (Å²) in [6.07, 6.45) is 1.23. The molecule has 3 aromatic carbocycles. The Kier molecular flexibility index (Phi) is 5.90. The van der Waals surface area contributed by atoms with E-state index >= 15 is 0 Å². The zero-order chi connectivity index (χ0) is 23.7. The molecule has 0 fully saturated rings. The Morgan fingerprint density at radius 3 is 2.12 bits per heavy atom. The molecule has 4 aromatic rings. The van der Waals surface area contributed by atoms with Gasteiger partial charge in [-0.1, -0.05) is 23.7 Å². The van der Waals surface area contributed by atoms with Crippen LogP contribution >= 0.6 is 11.6 Å². The number of aryl methyl sites for hydroxylation is 1. The molecule has 0 radical (unpaired) electrons. The number of aromatic amines is 1. The van der Waals surface area contributed by atoms with Crippen molar-refractivity contribution >= 4 is 23.4 Å².